The van der Waals surface area contributed by atoms with Crippen LogP contribution in [0, 0.1) is 0 Å². The van der Waals surface area contributed by atoms with Crippen molar-refractivity contribution in [3.8, 4) is 5.75 Å². The number of hydrogen-bond donors (Lipinski definition) is 3. The Morgan fingerprint density at radius 1 is 1.42 bits per heavy atom. The van der Waals surface area contributed by atoms with E-state index in [-0.39, 0.29) is 18.1 Å². The smallest absolute Gasteiger partial charge is 0.230 e. The fourth-order valence-electron chi connectivity index (χ4n) is 1.72. The predicted octanol–water partition coefficient (Wildman–Crippen LogP) is 2.42. The fraction of sp³-hybridized carbons (Fsp3) is 0.286. The summed E-state index contributed by atoms with van der Waals surface area (Å²) >= 11 is 0. The third-order valence-corrected chi connectivity index (χ3v) is 2.83. The summed E-state index contributed by atoms with van der Waals surface area (Å²) in [4.78, 5) is 11.8. The first-order valence-corrected chi connectivity index (χ1v) is 6.18. The van der Waals surface area contributed by atoms with Crippen LogP contribution in [0.3, 0.4) is 0 Å². The molecule has 0 radical (unpaired) electrons. The second kappa shape index (κ2) is 5.56. The Labute approximate surface area is 111 Å². The third-order valence-electron chi connectivity index (χ3n) is 2.83. The Morgan fingerprint density at radius 3 is 2.79 bits per heavy atom. The zero-order valence-electron chi connectivity index (χ0n) is 11.0. The van der Waals surface area contributed by atoms with E-state index in [0.29, 0.717) is 17.3 Å². The molecule has 100 valence electrons. The van der Waals surface area contributed by atoms with Gasteiger partial charge in [-0.05, 0) is 12.0 Å². The van der Waals surface area contributed by atoms with Gasteiger partial charge < -0.3 is 10.4 Å². The molecule has 0 unspecified atom stereocenters. The number of anilines is 1. The van der Waals surface area contributed by atoms with Crippen LogP contribution in [-0.4, -0.2) is 21.2 Å². The molecule has 1 amide bonds. The minimum atomic E-state index is -0.205. The van der Waals surface area contributed by atoms with E-state index in [2.05, 4.69) is 15.5 Å². The quantitative estimate of drug-likeness (QED) is 0.789. The minimum Gasteiger partial charge on any atom is -0.508 e. The Balaban J connectivity index is 1.99. The number of para-hydroxylation sites is 1. The lowest BCUT2D eigenvalue weighted by Crippen LogP contribution is -2.14. The second-order valence-corrected chi connectivity index (χ2v) is 4.72. The molecule has 1 aromatic heterocycles. The monoisotopic (exact) mass is 259 g/mol. The van der Waals surface area contributed by atoms with Gasteiger partial charge in [-0.25, -0.2) is 0 Å². The van der Waals surface area contributed by atoms with Crippen molar-refractivity contribution in [3.05, 3.63) is 41.6 Å². The van der Waals surface area contributed by atoms with Crippen LogP contribution in [0.4, 0.5) is 5.82 Å². The molecule has 0 saturated carbocycles. The molecule has 2 aromatic rings. The number of aromatic amines is 1. The van der Waals surface area contributed by atoms with Crippen LogP contribution in [0.25, 0.3) is 0 Å². The Kier molecular flexibility index (Phi) is 3.85. The number of nitrogens with one attached hydrogen (secondary N) is 2. The standard InChI is InChI=1S/C14H17N3O2/c1-9(2)11-8-13(17-16-11)15-14(19)7-10-5-3-4-6-12(10)18/h3-6,8-9,18H,7H2,1-2H3,(H2,15,16,17,19). The van der Waals surface area contributed by atoms with Gasteiger partial charge in [0.25, 0.3) is 0 Å². The molecular formula is C14H17N3O2. The van der Waals surface area contributed by atoms with Gasteiger partial charge in [0.15, 0.2) is 5.82 Å². The van der Waals surface area contributed by atoms with Crippen LogP contribution in [-0.2, 0) is 11.2 Å². The van der Waals surface area contributed by atoms with E-state index in [4.69, 9.17) is 0 Å². The molecule has 5 nitrogen and oxygen atoms in total. The van der Waals surface area contributed by atoms with Crippen LogP contribution < -0.4 is 5.32 Å². The van der Waals surface area contributed by atoms with Crippen LogP contribution in [0.1, 0.15) is 31.0 Å². The van der Waals surface area contributed by atoms with Crippen LogP contribution in [0.2, 0.25) is 0 Å². The SMILES string of the molecule is CC(C)c1cc(NC(=O)Cc2ccccc2O)n[nH]1. The summed E-state index contributed by atoms with van der Waals surface area (Å²) in [7, 11) is 0. The molecule has 0 bridgehead atoms. The summed E-state index contributed by atoms with van der Waals surface area (Å²) < 4.78 is 0. The number of phenols is 1. The number of phenolic OH excluding ortho intramolecular Hbond substituents is 1. The molecule has 0 aliphatic carbocycles. The third kappa shape index (κ3) is 3.34. The summed E-state index contributed by atoms with van der Waals surface area (Å²) in [5, 5.41) is 19.2. The summed E-state index contributed by atoms with van der Waals surface area (Å²) in [5.74, 6) is 0.756. The summed E-state index contributed by atoms with van der Waals surface area (Å²) in [5.41, 5.74) is 1.57. The Hall–Kier alpha value is -2.30. The topological polar surface area (TPSA) is 78.0 Å². The molecule has 0 atom stereocenters. The van der Waals surface area contributed by atoms with Crippen molar-refractivity contribution < 1.29 is 9.90 Å². The Morgan fingerprint density at radius 2 is 2.16 bits per heavy atom. The highest BCUT2D eigenvalue weighted by Crippen LogP contribution is 2.18. The number of nitrogens with zero attached hydrogens (tertiary/aromatic N) is 1. The van der Waals surface area contributed by atoms with Crippen molar-refractivity contribution in [2.24, 2.45) is 0 Å². The van der Waals surface area contributed by atoms with E-state index in [1.54, 1.807) is 24.3 Å². The van der Waals surface area contributed by atoms with Gasteiger partial charge in [-0.1, -0.05) is 32.0 Å². The van der Waals surface area contributed by atoms with Crippen molar-refractivity contribution in [2.45, 2.75) is 26.2 Å². The van der Waals surface area contributed by atoms with Gasteiger partial charge >= 0.3 is 0 Å². The number of amides is 1. The summed E-state index contributed by atoms with van der Waals surface area (Å²) in [6, 6.07) is 8.60. The molecule has 0 aliphatic heterocycles. The van der Waals surface area contributed by atoms with E-state index >= 15 is 0 Å². The zero-order chi connectivity index (χ0) is 13.8. The average Bonchev–Trinajstić information content (AvgIpc) is 2.80. The molecule has 5 heteroatoms. The minimum absolute atomic E-state index is 0.122. The van der Waals surface area contributed by atoms with Crippen LogP contribution in [0.5, 0.6) is 5.75 Å². The maximum absolute atomic E-state index is 11.8. The lowest BCUT2D eigenvalue weighted by molar-refractivity contribution is -0.115. The van der Waals surface area contributed by atoms with Crippen LogP contribution >= 0.6 is 0 Å². The number of carbonyl (C=O) groups excluding carboxylic acids is 1. The first-order chi connectivity index (χ1) is 9.06. The molecule has 0 fully saturated rings. The van der Waals surface area contributed by atoms with E-state index in [1.807, 2.05) is 19.9 Å². The predicted molar refractivity (Wildman–Crippen MR) is 73.1 cm³/mol. The second-order valence-electron chi connectivity index (χ2n) is 4.72. The average molecular weight is 259 g/mol. The lowest BCUT2D eigenvalue weighted by Gasteiger charge is -2.04. The van der Waals surface area contributed by atoms with E-state index in [9.17, 15) is 9.90 Å². The van der Waals surface area contributed by atoms with Gasteiger partial charge in [0.1, 0.15) is 5.75 Å². The highest BCUT2D eigenvalue weighted by atomic mass is 16.3. The van der Waals surface area contributed by atoms with Gasteiger partial charge in [0, 0.05) is 17.3 Å². The number of benzene rings is 1. The molecule has 19 heavy (non-hydrogen) atoms. The molecule has 1 aromatic carbocycles. The zero-order valence-corrected chi connectivity index (χ0v) is 11.0. The lowest BCUT2D eigenvalue weighted by atomic mass is 10.1. The van der Waals surface area contributed by atoms with E-state index < -0.39 is 0 Å². The van der Waals surface area contributed by atoms with Crippen molar-refractivity contribution in [1.82, 2.24) is 10.2 Å². The molecule has 1 heterocycles. The maximum Gasteiger partial charge on any atom is 0.230 e. The van der Waals surface area contributed by atoms with E-state index in [1.165, 1.54) is 0 Å². The van der Waals surface area contributed by atoms with Gasteiger partial charge in [-0.2, -0.15) is 5.10 Å². The first-order valence-electron chi connectivity index (χ1n) is 6.18. The highest BCUT2D eigenvalue weighted by Gasteiger charge is 2.10. The molecule has 2 rings (SSSR count). The summed E-state index contributed by atoms with van der Waals surface area (Å²) in [6.45, 7) is 4.09. The van der Waals surface area contributed by atoms with Gasteiger partial charge in [-0.15, -0.1) is 0 Å². The van der Waals surface area contributed by atoms with Crippen LogP contribution in [0.15, 0.2) is 30.3 Å². The Bertz CT molecular complexity index is 576. The van der Waals surface area contributed by atoms with E-state index in [0.717, 1.165) is 5.69 Å². The number of hydrogen-bond acceptors (Lipinski definition) is 3. The van der Waals surface area contributed by atoms with Crippen molar-refractivity contribution >= 4 is 11.7 Å². The maximum atomic E-state index is 11.8. The van der Waals surface area contributed by atoms with Gasteiger partial charge in [0.2, 0.25) is 5.91 Å². The number of aromatic hydroxyl groups is 1. The van der Waals surface area contributed by atoms with Crippen molar-refractivity contribution in [1.29, 1.82) is 0 Å². The fourth-order valence-corrected chi connectivity index (χ4v) is 1.72. The molecular weight excluding hydrogens is 242 g/mol. The number of H-pyrrole nitrogens is 1. The van der Waals surface area contributed by atoms with Gasteiger partial charge in [-0.3, -0.25) is 9.89 Å². The molecule has 3 N–H and O–H groups in total. The number of rotatable bonds is 4. The van der Waals surface area contributed by atoms with Crippen molar-refractivity contribution in [3.63, 3.8) is 0 Å². The largest absolute Gasteiger partial charge is 0.508 e. The number of carbonyl (C=O) groups is 1. The number of aromatic nitrogens is 2. The summed E-state index contributed by atoms with van der Waals surface area (Å²) in [6.07, 6.45) is 0.122. The normalized spacial score (nSPS) is 10.7. The molecule has 0 spiro atoms. The molecule has 0 saturated heterocycles. The first kappa shape index (κ1) is 13.1. The van der Waals surface area contributed by atoms with Gasteiger partial charge in [0.05, 0.1) is 6.42 Å². The molecule has 0 aliphatic rings. The van der Waals surface area contributed by atoms with Crippen molar-refractivity contribution in [2.75, 3.05) is 5.32 Å². The highest BCUT2D eigenvalue weighted by molar-refractivity contribution is 5.91.